The zero-order valence-electron chi connectivity index (χ0n) is 15.9. The third-order valence-electron chi connectivity index (χ3n) is 4.93. The maximum absolute atomic E-state index is 12.7. The van der Waals surface area contributed by atoms with Gasteiger partial charge in [0.2, 0.25) is 11.8 Å². The topological polar surface area (TPSA) is 70.7 Å². The Morgan fingerprint density at radius 3 is 2.85 bits per heavy atom. The van der Waals surface area contributed by atoms with E-state index >= 15 is 0 Å². The zero-order valence-corrected chi connectivity index (χ0v) is 15.9. The fourth-order valence-electron chi connectivity index (χ4n) is 3.43. The van der Waals surface area contributed by atoms with E-state index in [0.29, 0.717) is 36.9 Å². The lowest BCUT2D eigenvalue weighted by molar-refractivity contribution is -0.126. The first-order valence-electron chi connectivity index (χ1n) is 9.44. The van der Waals surface area contributed by atoms with Gasteiger partial charge in [-0.1, -0.05) is 20.8 Å². The quantitative estimate of drug-likeness (QED) is 0.867. The lowest BCUT2D eigenvalue weighted by atomic mass is 9.94. The van der Waals surface area contributed by atoms with Crippen LogP contribution in [0.3, 0.4) is 0 Å². The van der Waals surface area contributed by atoms with E-state index in [9.17, 15) is 9.59 Å². The van der Waals surface area contributed by atoms with Crippen LogP contribution in [-0.4, -0.2) is 38.1 Å². The summed E-state index contributed by atoms with van der Waals surface area (Å²) in [4.78, 5) is 26.8. The molecule has 2 amide bonds. The minimum atomic E-state index is -0.469. The van der Waals surface area contributed by atoms with Gasteiger partial charge in [0.05, 0.1) is 12.2 Å². The highest BCUT2D eigenvalue weighted by atomic mass is 16.5. The molecule has 0 bridgehead atoms. The average molecular weight is 359 g/mol. The Balaban J connectivity index is 1.68. The molecule has 26 heavy (non-hydrogen) atoms. The first-order valence-corrected chi connectivity index (χ1v) is 9.44. The molecule has 142 valence electrons. The van der Waals surface area contributed by atoms with Crippen molar-refractivity contribution in [2.75, 3.05) is 36.5 Å². The molecule has 1 atom stereocenters. The van der Waals surface area contributed by atoms with E-state index in [4.69, 9.17) is 4.74 Å². The smallest absolute Gasteiger partial charge is 0.232 e. The van der Waals surface area contributed by atoms with Crippen LogP contribution in [0, 0.1) is 11.3 Å². The summed E-state index contributed by atoms with van der Waals surface area (Å²) in [5.41, 5.74) is 0.966. The first-order chi connectivity index (χ1) is 12.3. The fraction of sp³-hybridized carbons (Fsp3) is 0.600. The van der Waals surface area contributed by atoms with Gasteiger partial charge in [-0.15, -0.1) is 0 Å². The highest BCUT2D eigenvalue weighted by Gasteiger charge is 2.32. The van der Waals surface area contributed by atoms with Crippen LogP contribution >= 0.6 is 0 Å². The Hall–Kier alpha value is -2.08. The summed E-state index contributed by atoms with van der Waals surface area (Å²) in [6, 6.07) is 5.50. The van der Waals surface area contributed by atoms with Crippen molar-refractivity contribution in [3.05, 3.63) is 18.2 Å². The first kappa shape index (κ1) is 18.7. The van der Waals surface area contributed by atoms with Crippen molar-refractivity contribution >= 4 is 23.2 Å². The number of hydrogen-bond acceptors (Lipinski definition) is 4. The molecular weight excluding hydrogens is 330 g/mol. The number of benzene rings is 1. The monoisotopic (exact) mass is 359 g/mol. The van der Waals surface area contributed by atoms with Gasteiger partial charge in [0.15, 0.2) is 0 Å². The summed E-state index contributed by atoms with van der Waals surface area (Å²) in [5.74, 6) is 1.35. The molecule has 0 aliphatic carbocycles. The maximum atomic E-state index is 12.7. The Kier molecular flexibility index (Phi) is 5.51. The molecule has 1 aromatic carbocycles. The number of amides is 2. The van der Waals surface area contributed by atoms with Crippen molar-refractivity contribution in [1.29, 1.82) is 0 Å². The Labute approximate surface area is 155 Å². The molecular formula is C20H29N3O3. The van der Waals surface area contributed by atoms with E-state index in [0.717, 1.165) is 31.6 Å². The highest BCUT2D eigenvalue weighted by Crippen LogP contribution is 2.36. The molecule has 2 aliphatic rings. The highest BCUT2D eigenvalue weighted by molar-refractivity contribution is 6.00. The second-order valence-corrected chi connectivity index (χ2v) is 8.18. The normalized spacial score (nSPS) is 19.7. The van der Waals surface area contributed by atoms with Gasteiger partial charge in [0.1, 0.15) is 12.4 Å². The summed E-state index contributed by atoms with van der Waals surface area (Å²) in [7, 11) is 0. The minimum Gasteiger partial charge on any atom is -0.490 e. The van der Waals surface area contributed by atoms with Crippen LogP contribution in [-0.2, 0) is 9.59 Å². The Bertz CT molecular complexity index is 675. The Morgan fingerprint density at radius 1 is 1.35 bits per heavy atom. The van der Waals surface area contributed by atoms with Crippen molar-refractivity contribution in [3.63, 3.8) is 0 Å². The number of anilines is 2. The number of hydrogen-bond donors (Lipinski definition) is 2. The molecule has 1 aromatic rings. The molecule has 1 saturated heterocycles. The van der Waals surface area contributed by atoms with E-state index < -0.39 is 5.41 Å². The third-order valence-corrected chi connectivity index (χ3v) is 4.93. The molecule has 2 N–H and O–H groups in total. The summed E-state index contributed by atoms with van der Waals surface area (Å²) in [6.45, 7) is 8.79. The van der Waals surface area contributed by atoms with Crippen LogP contribution in [0.1, 0.15) is 40.0 Å². The summed E-state index contributed by atoms with van der Waals surface area (Å²) >= 11 is 0. The second kappa shape index (κ2) is 7.66. The SMILES string of the molecule is CC(C)(C)C(=O)N1CCOc2ccc(NC(=O)CCC3CCNC3)cc21. The summed E-state index contributed by atoms with van der Waals surface area (Å²) < 4.78 is 5.68. The van der Waals surface area contributed by atoms with Crippen molar-refractivity contribution in [3.8, 4) is 5.75 Å². The fourth-order valence-corrected chi connectivity index (χ4v) is 3.43. The molecule has 0 radical (unpaired) electrons. The maximum Gasteiger partial charge on any atom is 0.232 e. The molecule has 1 fully saturated rings. The van der Waals surface area contributed by atoms with Crippen molar-refractivity contribution < 1.29 is 14.3 Å². The number of carbonyl (C=O) groups is 2. The van der Waals surface area contributed by atoms with Crippen LogP contribution in [0.5, 0.6) is 5.75 Å². The number of fused-ring (bicyclic) bond motifs is 1. The molecule has 6 nitrogen and oxygen atoms in total. The number of rotatable bonds is 4. The summed E-state index contributed by atoms with van der Waals surface area (Å²) in [6.07, 6.45) is 2.57. The molecule has 6 heteroatoms. The van der Waals surface area contributed by atoms with Crippen molar-refractivity contribution in [1.82, 2.24) is 5.32 Å². The number of nitrogens with zero attached hydrogens (tertiary/aromatic N) is 1. The van der Waals surface area contributed by atoms with Gasteiger partial charge >= 0.3 is 0 Å². The van der Waals surface area contributed by atoms with Gasteiger partial charge < -0.3 is 20.3 Å². The number of ether oxygens (including phenoxy) is 1. The minimum absolute atomic E-state index is 0.0160. The predicted molar refractivity (Wildman–Crippen MR) is 103 cm³/mol. The number of nitrogens with one attached hydrogen (secondary N) is 2. The van der Waals surface area contributed by atoms with Gasteiger partial charge in [-0.25, -0.2) is 0 Å². The van der Waals surface area contributed by atoms with Crippen molar-refractivity contribution in [2.45, 2.75) is 40.0 Å². The van der Waals surface area contributed by atoms with Gasteiger partial charge in [-0.2, -0.15) is 0 Å². The predicted octanol–water partition coefficient (Wildman–Crippen LogP) is 2.79. The van der Waals surface area contributed by atoms with E-state index in [1.807, 2.05) is 39.0 Å². The van der Waals surface area contributed by atoms with Gasteiger partial charge in [-0.3, -0.25) is 9.59 Å². The second-order valence-electron chi connectivity index (χ2n) is 8.18. The molecule has 2 aliphatic heterocycles. The van der Waals surface area contributed by atoms with E-state index in [-0.39, 0.29) is 11.8 Å². The lowest BCUT2D eigenvalue weighted by Gasteiger charge is -2.34. The molecule has 3 rings (SSSR count). The lowest BCUT2D eigenvalue weighted by Crippen LogP contribution is -2.44. The molecule has 0 spiro atoms. The van der Waals surface area contributed by atoms with Crippen LogP contribution in [0.4, 0.5) is 11.4 Å². The van der Waals surface area contributed by atoms with Crippen LogP contribution in [0.15, 0.2) is 18.2 Å². The van der Waals surface area contributed by atoms with Crippen LogP contribution in [0.25, 0.3) is 0 Å². The van der Waals surface area contributed by atoms with Crippen LogP contribution < -0.4 is 20.3 Å². The average Bonchev–Trinajstić information content (AvgIpc) is 3.11. The van der Waals surface area contributed by atoms with Gasteiger partial charge in [0.25, 0.3) is 0 Å². The molecule has 2 heterocycles. The standard InChI is InChI=1S/C20H29N3O3/c1-20(2,3)19(25)23-10-11-26-17-6-5-15(12-16(17)23)22-18(24)7-4-14-8-9-21-13-14/h5-6,12,14,21H,4,7-11,13H2,1-3H3,(H,22,24). The van der Waals surface area contributed by atoms with Crippen LogP contribution in [0.2, 0.25) is 0 Å². The Morgan fingerprint density at radius 2 is 2.15 bits per heavy atom. The molecule has 0 aromatic heterocycles. The third kappa shape index (κ3) is 4.36. The zero-order chi connectivity index (χ0) is 18.7. The largest absolute Gasteiger partial charge is 0.490 e. The summed E-state index contributed by atoms with van der Waals surface area (Å²) in [5, 5.41) is 6.29. The molecule has 0 saturated carbocycles. The van der Waals surface area contributed by atoms with E-state index in [1.54, 1.807) is 4.90 Å². The number of carbonyl (C=O) groups excluding carboxylic acids is 2. The van der Waals surface area contributed by atoms with Gasteiger partial charge in [0, 0.05) is 17.5 Å². The van der Waals surface area contributed by atoms with E-state index in [2.05, 4.69) is 10.6 Å². The van der Waals surface area contributed by atoms with Gasteiger partial charge in [-0.05, 0) is 50.0 Å². The van der Waals surface area contributed by atoms with Crippen molar-refractivity contribution in [2.24, 2.45) is 11.3 Å². The van der Waals surface area contributed by atoms with E-state index in [1.165, 1.54) is 0 Å². The molecule has 1 unspecified atom stereocenters.